The van der Waals surface area contributed by atoms with Gasteiger partial charge in [-0.25, -0.2) is 13.1 Å². The summed E-state index contributed by atoms with van der Waals surface area (Å²) in [6, 6.07) is 8.05. The van der Waals surface area contributed by atoms with E-state index in [0.29, 0.717) is 0 Å². The van der Waals surface area contributed by atoms with Crippen LogP contribution in [-0.4, -0.2) is 27.9 Å². The molecule has 1 aliphatic heterocycles. The Morgan fingerprint density at radius 2 is 1.95 bits per heavy atom. The molecule has 0 saturated carbocycles. The molecule has 1 saturated heterocycles. The third kappa shape index (κ3) is 2.42. The monoisotopic (exact) mass is 281 g/mol. The molecule has 0 bridgehead atoms. The number of hydrogen-bond donors (Lipinski definition) is 1. The average Bonchev–Trinajstić information content (AvgIpc) is 2.63. The van der Waals surface area contributed by atoms with Gasteiger partial charge >= 0.3 is 0 Å². The summed E-state index contributed by atoms with van der Waals surface area (Å²) in [5, 5.41) is 0. The topological polar surface area (TPSA) is 55.4 Å². The van der Waals surface area contributed by atoms with Crippen LogP contribution in [0.3, 0.4) is 0 Å². The van der Waals surface area contributed by atoms with E-state index < -0.39 is 10.0 Å². The molecule has 19 heavy (non-hydrogen) atoms. The lowest BCUT2D eigenvalue weighted by atomic mass is 9.75. The summed E-state index contributed by atoms with van der Waals surface area (Å²) >= 11 is 0. The van der Waals surface area contributed by atoms with E-state index in [-0.39, 0.29) is 11.5 Å². The van der Waals surface area contributed by atoms with Crippen molar-refractivity contribution in [1.29, 1.82) is 0 Å². The van der Waals surface area contributed by atoms with Crippen LogP contribution >= 0.6 is 0 Å². The molecule has 0 aromatic heterocycles. The summed E-state index contributed by atoms with van der Waals surface area (Å²) in [5.41, 5.74) is 2.39. The van der Waals surface area contributed by atoms with Crippen LogP contribution in [0, 0.1) is 5.41 Å². The second-order valence-corrected chi connectivity index (χ2v) is 7.45. The van der Waals surface area contributed by atoms with Gasteiger partial charge < -0.3 is 4.74 Å². The van der Waals surface area contributed by atoms with Crippen molar-refractivity contribution in [3.8, 4) is 0 Å². The lowest BCUT2D eigenvalue weighted by molar-refractivity contribution is 0.00414. The van der Waals surface area contributed by atoms with Gasteiger partial charge in [-0.2, -0.15) is 0 Å². The number of benzene rings is 1. The van der Waals surface area contributed by atoms with Gasteiger partial charge in [-0.1, -0.05) is 24.3 Å². The highest BCUT2D eigenvalue weighted by Crippen LogP contribution is 2.51. The van der Waals surface area contributed by atoms with Gasteiger partial charge in [0.2, 0.25) is 10.0 Å². The van der Waals surface area contributed by atoms with E-state index in [4.69, 9.17) is 4.74 Å². The Balaban J connectivity index is 2.02. The molecule has 0 unspecified atom stereocenters. The Labute approximate surface area is 114 Å². The van der Waals surface area contributed by atoms with Crippen molar-refractivity contribution in [3.63, 3.8) is 0 Å². The van der Waals surface area contributed by atoms with Crippen molar-refractivity contribution >= 4 is 10.0 Å². The van der Waals surface area contributed by atoms with Crippen LogP contribution in [0.25, 0.3) is 0 Å². The maximum atomic E-state index is 11.7. The molecule has 5 heteroatoms. The number of fused-ring (bicyclic) bond motifs is 1. The molecule has 1 atom stereocenters. The highest BCUT2D eigenvalue weighted by molar-refractivity contribution is 7.88. The Kier molecular flexibility index (Phi) is 3.15. The summed E-state index contributed by atoms with van der Waals surface area (Å²) < 4.78 is 31.7. The quantitative estimate of drug-likeness (QED) is 0.896. The maximum Gasteiger partial charge on any atom is 0.209 e. The molecular formula is C14H19NO3S. The second-order valence-electron chi connectivity index (χ2n) is 5.67. The molecule has 1 aromatic carbocycles. The fourth-order valence-electron chi connectivity index (χ4n) is 3.43. The lowest BCUT2D eigenvalue weighted by Crippen LogP contribution is -2.41. The fourth-order valence-corrected chi connectivity index (χ4v) is 4.24. The highest BCUT2D eigenvalue weighted by Gasteiger charge is 2.47. The molecule has 4 nitrogen and oxygen atoms in total. The Morgan fingerprint density at radius 1 is 1.26 bits per heavy atom. The number of rotatable bonds is 2. The number of sulfonamides is 1. The minimum absolute atomic E-state index is 0.00891. The fraction of sp³-hybridized carbons (Fsp3) is 0.571. The first-order valence-corrected chi connectivity index (χ1v) is 8.52. The molecule has 3 rings (SSSR count). The first kappa shape index (κ1) is 13.1. The van der Waals surface area contributed by atoms with Gasteiger partial charge in [0, 0.05) is 13.2 Å². The van der Waals surface area contributed by atoms with Gasteiger partial charge in [-0.15, -0.1) is 0 Å². The van der Waals surface area contributed by atoms with Crippen LogP contribution in [0.4, 0.5) is 0 Å². The van der Waals surface area contributed by atoms with Gasteiger partial charge in [0.15, 0.2) is 0 Å². The van der Waals surface area contributed by atoms with E-state index >= 15 is 0 Å². The Bertz CT molecular complexity index is 576. The first-order chi connectivity index (χ1) is 9.00. The normalized spacial score (nSPS) is 25.4. The number of nitrogens with one attached hydrogen (secondary N) is 1. The largest absolute Gasteiger partial charge is 0.381 e. The molecule has 2 aliphatic rings. The number of hydrogen-bond acceptors (Lipinski definition) is 3. The zero-order chi connectivity index (χ0) is 13.5. The minimum atomic E-state index is -3.22. The van der Waals surface area contributed by atoms with Crippen molar-refractivity contribution in [3.05, 3.63) is 35.4 Å². The van der Waals surface area contributed by atoms with E-state index in [2.05, 4.69) is 10.8 Å². The zero-order valence-electron chi connectivity index (χ0n) is 11.1. The van der Waals surface area contributed by atoms with Crippen LogP contribution in [0.15, 0.2) is 24.3 Å². The van der Waals surface area contributed by atoms with Crippen LogP contribution in [0.1, 0.15) is 30.0 Å². The van der Waals surface area contributed by atoms with E-state index in [0.717, 1.165) is 38.0 Å². The van der Waals surface area contributed by atoms with Crippen molar-refractivity contribution in [2.75, 3.05) is 19.5 Å². The molecule has 104 valence electrons. The summed E-state index contributed by atoms with van der Waals surface area (Å²) in [6.45, 7) is 1.44. The minimum Gasteiger partial charge on any atom is -0.381 e. The van der Waals surface area contributed by atoms with Gasteiger partial charge in [0.25, 0.3) is 0 Å². The van der Waals surface area contributed by atoms with Crippen molar-refractivity contribution in [2.45, 2.75) is 25.3 Å². The van der Waals surface area contributed by atoms with E-state index in [1.165, 1.54) is 11.8 Å². The predicted molar refractivity (Wildman–Crippen MR) is 73.4 cm³/mol. The van der Waals surface area contributed by atoms with Crippen molar-refractivity contribution in [2.24, 2.45) is 5.41 Å². The van der Waals surface area contributed by atoms with Gasteiger partial charge in [0.05, 0.1) is 12.3 Å². The van der Waals surface area contributed by atoms with Gasteiger partial charge in [-0.05, 0) is 35.8 Å². The standard InChI is InChI=1S/C14H19NO3S/c1-19(16,17)15-13-12-5-3-2-4-11(12)10-14(13)6-8-18-9-7-14/h2-5,13,15H,6-10H2,1H3/t13-/m0/s1. The molecule has 0 radical (unpaired) electrons. The Hall–Kier alpha value is -0.910. The van der Waals surface area contributed by atoms with Crippen LogP contribution < -0.4 is 4.72 Å². The molecule has 1 spiro atoms. The van der Waals surface area contributed by atoms with Gasteiger partial charge in [0.1, 0.15) is 0 Å². The van der Waals surface area contributed by atoms with Gasteiger partial charge in [-0.3, -0.25) is 0 Å². The summed E-state index contributed by atoms with van der Waals surface area (Å²) in [6.07, 6.45) is 4.00. The molecular weight excluding hydrogens is 262 g/mol. The van der Waals surface area contributed by atoms with Crippen LogP contribution in [0.5, 0.6) is 0 Å². The van der Waals surface area contributed by atoms with E-state index in [1.54, 1.807) is 0 Å². The molecule has 1 heterocycles. The third-order valence-corrected chi connectivity index (χ3v) is 5.01. The third-order valence-electron chi connectivity index (χ3n) is 4.34. The predicted octanol–water partition coefficient (Wildman–Crippen LogP) is 1.63. The second kappa shape index (κ2) is 4.58. The number of ether oxygens (including phenoxy) is 1. The van der Waals surface area contributed by atoms with E-state index in [9.17, 15) is 8.42 Å². The summed E-state index contributed by atoms with van der Waals surface area (Å²) in [7, 11) is -3.22. The maximum absolute atomic E-state index is 11.7. The smallest absolute Gasteiger partial charge is 0.209 e. The van der Waals surface area contributed by atoms with E-state index in [1.807, 2.05) is 18.2 Å². The highest BCUT2D eigenvalue weighted by atomic mass is 32.2. The molecule has 1 N–H and O–H groups in total. The average molecular weight is 281 g/mol. The van der Waals surface area contributed by atoms with Crippen LogP contribution in [-0.2, 0) is 21.2 Å². The SMILES string of the molecule is CS(=O)(=O)N[C@H]1c2ccccc2CC12CCOCC2. The van der Waals surface area contributed by atoms with Crippen molar-refractivity contribution in [1.82, 2.24) is 4.72 Å². The lowest BCUT2D eigenvalue weighted by Gasteiger charge is -2.39. The molecule has 1 aliphatic carbocycles. The zero-order valence-corrected chi connectivity index (χ0v) is 11.9. The first-order valence-electron chi connectivity index (χ1n) is 6.63. The van der Waals surface area contributed by atoms with Crippen molar-refractivity contribution < 1.29 is 13.2 Å². The molecule has 1 fully saturated rings. The molecule has 1 aromatic rings. The Morgan fingerprint density at radius 3 is 2.63 bits per heavy atom. The van der Waals surface area contributed by atoms with Crippen LogP contribution in [0.2, 0.25) is 0 Å². The summed E-state index contributed by atoms with van der Waals surface area (Å²) in [4.78, 5) is 0. The summed E-state index contributed by atoms with van der Waals surface area (Å²) in [5.74, 6) is 0. The molecule has 0 amide bonds.